The zero-order valence-electron chi connectivity index (χ0n) is 17.0. The molecule has 2 rings (SSSR count). The minimum Gasteiger partial charge on any atom is -0.480 e. The van der Waals surface area contributed by atoms with Crippen LogP contribution in [-0.4, -0.2) is 47.8 Å². The van der Waals surface area contributed by atoms with Crippen molar-refractivity contribution >= 4 is 23.5 Å². The molecule has 0 saturated heterocycles. The number of nitrogens with two attached hydrogens (primary N) is 2. The Bertz CT molecular complexity index is 1010. The Morgan fingerprint density at radius 1 is 0.839 bits per heavy atom. The molecule has 0 spiro atoms. The molecule has 5 N–H and O–H groups in total. The molecule has 0 aliphatic rings. The molecular weight excluding hydrogens is 400 g/mol. The van der Waals surface area contributed by atoms with Crippen molar-refractivity contribution in [2.45, 2.75) is 24.9 Å². The second kappa shape index (κ2) is 11.0. The fourth-order valence-electron chi connectivity index (χ4n) is 3.00. The SMILES string of the molecule is COC(=O)C(N)Cc1ccccc1C(=O)/C=C/C(=O)c1ccccc1CC(N)C(=O)O. The molecular formula is C23H24N2O6. The molecule has 0 aliphatic heterocycles. The van der Waals surface area contributed by atoms with E-state index in [9.17, 15) is 19.2 Å². The number of ether oxygens (including phenoxy) is 1. The van der Waals surface area contributed by atoms with E-state index in [2.05, 4.69) is 4.74 Å². The van der Waals surface area contributed by atoms with E-state index in [1.54, 1.807) is 48.5 Å². The number of methoxy groups -OCH3 is 1. The number of ketones is 2. The van der Waals surface area contributed by atoms with Gasteiger partial charge in [-0.2, -0.15) is 0 Å². The molecule has 0 bridgehead atoms. The quantitative estimate of drug-likeness (QED) is 0.293. The minimum atomic E-state index is -1.17. The molecule has 0 heterocycles. The number of carboxylic acid groups (broad SMARTS) is 1. The molecule has 8 heteroatoms. The molecule has 2 aromatic carbocycles. The van der Waals surface area contributed by atoms with Gasteiger partial charge >= 0.3 is 11.9 Å². The predicted octanol–water partition coefficient (Wildman–Crippen LogP) is 1.31. The monoisotopic (exact) mass is 424 g/mol. The van der Waals surface area contributed by atoms with E-state index in [1.807, 2.05) is 0 Å². The van der Waals surface area contributed by atoms with Crippen LogP contribution in [0.25, 0.3) is 0 Å². The van der Waals surface area contributed by atoms with Gasteiger partial charge in [-0.15, -0.1) is 0 Å². The number of esters is 1. The number of hydrogen-bond acceptors (Lipinski definition) is 7. The Balaban J connectivity index is 2.21. The van der Waals surface area contributed by atoms with Crippen molar-refractivity contribution in [1.29, 1.82) is 0 Å². The summed E-state index contributed by atoms with van der Waals surface area (Å²) >= 11 is 0. The lowest BCUT2D eigenvalue weighted by atomic mass is 9.96. The van der Waals surface area contributed by atoms with Gasteiger partial charge in [-0.1, -0.05) is 48.5 Å². The number of hydrogen-bond donors (Lipinski definition) is 3. The van der Waals surface area contributed by atoms with Crippen LogP contribution in [0.3, 0.4) is 0 Å². The van der Waals surface area contributed by atoms with Crippen LogP contribution in [0, 0.1) is 0 Å². The van der Waals surface area contributed by atoms with Gasteiger partial charge in [0.15, 0.2) is 11.6 Å². The molecule has 0 aromatic heterocycles. The summed E-state index contributed by atoms with van der Waals surface area (Å²) in [4.78, 5) is 47.9. The molecule has 0 aliphatic carbocycles. The lowest BCUT2D eigenvalue weighted by Gasteiger charge is -2.12. The topological polar surface area (TPSA) is 150 Å². The maximum Gasteiger partial charge on any atom is 0.322 e. The zero-order chi connectivity index (χ0) is 23.0. The van der Waals surface area contributed by atoms with Crippen molar-refractivity contribution in [2.24, 2.45) is 11.5 Å². The first-order valence-electron chi connectivity index (χ1n) is 9.49. The van der Waals surface area contributed by atoms with Gasteiger partial charge in [-0.25, -0.2) is 0 Å². The summed E-state index contributed by atoms with van der Waals surface area (Å²) < 4.78 is 4.61. The number of aliphatic carboxylic acids is 1. The van der Waals surface area contributed by atoms with E-state index in [4.69, 9.17) is 16.6 Å². The Morgan fingerprint density at radius 2 is 1.26 bits per heavy atom. The van der Waals surface area contributed by atoms with Gasteiger partial charge in [-0.3, -0.25) is 19.2 Å². The maximum absolute atomic E-state index is 12.7. The van der Waals surface area contributed by atoms with Crippen LogP contribution in [0.15, 0.2) is 60.7 Å². The van der Waals surface area contributed by atoms with Crippen molar-refractivity contribution in [1.82, 2.24) is 0 Å². The highest BCUT2D eigenvalue weighted by molar-refractivity contribution is 6.12. The first kappa shape index (κ1) is 23.7. The first-order valence-corrected chi connectivity index (χ1v) is 9.49. The average Bonchev–Trinajstić information content (AvgIpc) is 2.77. The Labute approximate surface area is 179 Å². The summed E-state index contributed by atoms with van der Waals surface area (Å²) in [6, 6.07) is 11.1. The van der Waals surface area contributed by atoms with Crippen LogP contribution < -0.4 is 11.5 Å². The highest BCUT2D eigenvalue weighted by Gasteiger charge is 2.19. The summed E-state index contributed by atoms with van der Waals surface area (Å²) in [6.07, 6.45) is 2.35. The van der Waals surface area contributed by atoms with Crippen LogP contribution in [-0.2, 0) is 27.2 Å². The van der Waals surface area contributed by atoms with E-state index in [0.29, 0.717) is 16.7 Å². The summed E-state index contributed by atoms with van der Waals surface area (Å²) in [7, 11) is 1.23. The Kier molecular flexibility index (Phi) is 8.36. The van der Waals surface area contributed by atoms with Crippen molar-refractivity contribution in [3.8, 4) is 0 Å². The first-order chi connectivity index (χ1) is 14.7. The standard InChI is InChI=1S/C23H24N2O6/c1-31-23(30)19(25)13-15-7-3-5-9-17(15)21(27)11-10-20(26)16-8-4-2-6-14(16)12-18(24)22(28)29/h2-11,18-19H,12-13,24-25H2,1H3,(H,28,29)/b11-10+. The molecule has 31 heavy (non-hydrogen) atoms. The van der Waals surface area contributed by atoms with Crippen molar-refractivity contribution < 1.29 is 29.0 Å². The van der Waals surface area contributed by atoms with Gasteiger partial charge in [0, 0.05) is 11.1 Å². The normalized spacial score (nSPS) is 12.9. The largest absolute Gasteiger partial charge is 0.480 e. The summed E-state index contributed by atoms with van der Waals surface area (Å²) in [5, 5.41) is 9.01. The molecule has 162 valence electrons. The third-order valence-electron chi connectivity index (χ3n) is 4.65. The molecule has 2 atom stereocenters. The van der Waals surface area contributed by atoms with Gasteiger partial charge < -0.3 is 21.3 Å². The Hall–Kier alpha value is -3.62. The van der Waals surface area contributed by atoms with E-state index in [0.717, 1.165) is 12.2 Å². The van der Waals surface area contributed by atoms with Gasteiger partial charge in [0.25, 0.3) is 0 Å². The van der Waals surface area contributed by atoms with Crippen LogP contribution in [0.2, 0.25) is 0 Å². The number of rotatable bonds is 10. The second-order valence-corrected chi connectivity index (χ2v) is 6.86. The Morgan fingerprint density at radius 3 is 1.68 bits per heavy atom. The summed E-state index contributed by atoms with van der Waals surface area (Å²) in [6.45, 7) is 0. The predicted molar refractivity (Wildman–Crippen MR) is 114 cm³/mol. The van der Waals surface area contributed by atoms with E-state index >= 15 is 0 Å². The fraction of sp³-hybridized carbons (Fsp3) is 0.217. The maximum atomic E-state index is 12.7. The van der Waals surface area contributed by atoms with Crippen molar-refractivity contribution in [3.63, 3.8) is 0 Å². The van der Waals surface area contributed by atoms with Crippen LogP contribution in [0.4, 0.5) is 0 Å². The third kappa shape index (κ3) is 6.43. The van der Waals surface area contributed by atoms with Gasteiger partial charge in [-0.05, 0) is 36.1 Å². The smallest absolute Gasteiger partial charge is 0.322 e. The molecule has 0 radical (unpaired) electrons. The number of carboxylic acids is 1. The highest BCUT2D eigenvalue weighted by atomic mass is 16.5. The summed E-state index contributed by atoms with van der Waals surface area (Å²) in [5.74, 6) is -2.65. The molecule has 0 saturated carbocycles. The second-order valence-electron chi connectivity index (χ2n) is 6.86. The lowest BCUT2D eigenvalue weighted by molar-refractivity contribution is -0.142. The third-order valence-corrected chi connectivity index (χ3v) is 4.65. The van der Waals surface area contributed by atoms with Gasteiger partial charge in [0.1, 0.15) is 12.1 Å². The van der Waals surface area contributed by atoms with E-state index in [-0.39, 0.29) is 18.4 Å². The summed E-state index contributed by atoms with van der Waals surface area (Å²) in [5.41, 5.74) is 13.0. The fourth-order valence-corrected chi connectivity index (χ4v) is 3.00. The van der Waals surface area contributed by atoms with Crippen molar-refractivity contribution in [2.75, 3.05) is 7.11 Å². The van der Waals surface area contributed by atoms with Crippen LogP contribution >= 0.6 is 0 Å². The molecule has 0 fully saturated rings. The van der Waals surface area contributed by atoms with Gasteiger partial charge in [0.2, 0.25) is 0 Å². The lowest BCUT2D eigenvalue weighted by Crippen LogP contribution is -2.34. The van der Waals surface area contributed by atoms with Crippen LogP contribution in [0.5, 0.6) is 0 Å². The molecule has 2 unspecified atom stereocenters. The average molecular weight is 424 g/mol. The number of carbonyl (C=O) groups is 4. The van der Waals surface area contributed by atoms with Crippen LogP contribution in [0.1, 0.15) is 31.8 Å². The van der Waals surface area contributed by atoms with Gasteiger partial charge in [0.05, 0.1) is 7.11 Å². The molecule has 8 nitrogen and oxygen atoms in total. The number of allylic oxidation sites excluding steroid dienone is 2. The van der Waals surface area contributed by atoms with E-state index in [1.165, 1.54) is 7.11 Å². The number of carbonyl (C=O) groups excluding carboxylic acids is 3. The molecule has 2 aromatic rings. The van der Waals surface area contributed by atoms with Crippen molar-refractivity contribution in [3.05, 3.63) is 82.9 Å². The minimum absolute atomic E-state index is 0.0206. The molecule has 0 amide bonds. The van der Waals surface area contributed by atoms with E-state index < -0.39 is 35.6 Å². The highest BCUT2D eigenvalue weighted by Crippen LogP contribution is 2.15. The number of benzene rings is 2. The zero-order valence-corrected chi connectivity index (χ0v) is 17.0.